The van der Waals surface area contributed by atoms with Crippen LogP contribution in [0.3, 0.4) is 0 Å². The third kappa shape index (κ3) is 3.60. The van der Waals surface area contributed by atoms with Gasteiger partial charge in [-0.3, -0.25) is 0 Å². The number of phenolic OH excluding ortho intramolecular Hbond substituents is 1. The summed E-state index contributed by atoms with van der Waals surface area (Å²) in [5.41, 5.74) is -0.752. The molecule has 2 aromatic carbocycles. The monoisotopic (exact) mass is 459 g/mol. The van der Waals surface area contributed by atoms with Crippen LogP contribution in [0.1, 0.15) is 68.1 Å². The molecule has 1 aliphatic rings. The Morgan fingerprint density at radius 3 is 2.48 bits per heavy atom. The summed E-state index contributed by atoms with van der Waals surface area (Å²) in [6.07, 6.45) is -3.36. The molecular formula is C25H28F3N3O2. The first kappa shape index (κ1) is 23.3. The van der Waals surface area contributed by atoms with Crippen molar-refractivity contribution in [3.05, 3.63) is 59.0 Å². The van der Waals surface area contributed by atoms with E-state index in [1.54, 1.807) is 50.4 Å². The van der Waals surface area contributed by atoms with E-state index in [4.69, 9.17) is 0 Å². The Morgan fingerprint density at radius 1 is 1.15 bits per heavy atom. The van der Waals surface area contributed by atoms with Crippen molar-refractivity contribution in [2.45, 2.75) is 64.3 Å². The molecular weight excluding hydrogens is 431 g/mol. The molecule has 33 heavy (non-hydrogen) atoms. The van der Waals surface area contributed by atoms with Crippen molar-refractivity contribution in [2.24, 2.45) is 5.92 Å². The molecule has 4 atom stereocenters. The van der Waals surface area contributed by atoms with E-state index in [1.807, 2.05) is 13.8 Å². The molecule has 3 aromatic rings. The summed E-state index contributed by atoms with van der Waals surface area (Å²) < 4.78 is 43.6. The molecule has 0 radical (unpaired) electrons. The van der Waals surface area contributed by atoms with Crippen LogP contribution in [0.2, 0.25) is 0 Å². The number of aliphatic hydroxyl groups is 1. The number of fused-ring (bicyclic) bond motifs is 2. The molecule has 0 saturated heterocycles. The summed E-state index contributed by atoms with van der Waals surface area (Å²) in [7, 11) is 0. The second-order valence-corrected chi connectivity index (χ2v) is 9.33. The zero-order valence-electron chi connectivity index (χ0n) is 19.2. The van der Waals surface area contributed by atoms with Crippen LogP contribution in [-0.2, 0) is 0 Å². The predicted molar refractivity (Wildman–Crippen MR) is 121 cm³/mol. The maximum absolute atomic E-state index is 14.5. The molecule has 0 saturated carbocycles. The highest BCUT2D eigenvalue weighted by Crippen LogP contribution is 2.57. The molecule has 8 heteroatoms. The number of nitrogens with one attached hydrogen (secondary N) is 1. The summed E-state index contributed by atoms with van der Waals surface area (Å²) in [5, 5.41) is 25.7. The number of nitrogens with zero attached hydrogens (tertiary/aromatic N) is 2. The molecule has 1 aliphatic carbocycles. The molecule has 4 unspecified atom stereocenters. The second kappa shape index (κ2) is 7.87. The van der Waals surface area contributed by atoms with Crippen molar-refractivity contribution in [3.63, 3.8) is 0 Å². The Bertz CT molecular complexity index is 1210. The highest BCUT2D eigenvalue weighted by Gasteiger charge is 2.65. The standard InChI is InChI=1S/C25H28F3N3O2/c1-12(2)16-9-17-22(21(32)10-16)13(3)14(4)24(33,25(26,27)28)23(17)31-20-8-6-7-19-18(20)11-29-15(5)30-19/h6-14,23,31-33H,1-5H3. The summed E-state index contributed by atoms with van der Waals surface area (Å²) >= 11 is 0. The van der Waals surface area contributed by atoms with Gasteiger partial charge in [0.05, 0.1) is 11.6 Å². The van der Waals surface area contributed by atoms with Crippen molar-refractivity contribution >= 4 is 16.6 Å². The maximum atomic E-state index is 14.5. The Morgan fingerprint density at radius 2 is 1.85 bits per heavy atom. The SMILES string of the molecule is Cc1ncc2c(NC3c4cc(C(C)C)cc(O)c4C(C)C(C)C3(O)C(F)(F)F)cccc2n1. The lowest BCUT2D eigenvalue weighted by atomic mass is 9.63. The third-order valence-corrected chi connectivity index (χ3v) is 7.03. The number of phenols is 1. The van der Waals surface area contributed by atoms with Crippen LogP contribution < -0.4 is 5.32 Å². The van der Waals surface area contributed by atoms with Gasteiger partial charge in [0.25, 0.3) is 0 Å². The van der Waals surface area contributed by atoms with Gasteiger partial charge in [-0.2, -0.15) is 13.2 Å². The number of rotatable bonds is 3. The van der Waals surface area contributed by atoms with E-state index in [2.05, 4.69) is 15.3 Å². The molecule has 0 fully saturated rings. The van der Waals surface area contributed by atoms with Crippen LogP contribution in [0.5, 0.6) is 5.75 Å². The van der Waals surface area contributed by atoms with Gasteiger partial charge in [-0.25, -0.2) is 9.97 Å². The first-order valence-corrected chi connectivity index (χ1v) is 11.0. The summed E-state index contributed by atoms with van der Waals surface area (Å²) in [5.74, 6) is -1.47. The van der Waals surface area contributed by atoms with Crippen molar-refractivity contribution in [3.8, 4) is 5.75 Å². The van der Waals surface area contributed by atoms with Gasteiger partial charge in [0.15, 0.2) is 5.60 Å². The molecule has 0 spiro atoms. The zero-order valence-corrected chi connectivity index (χ0v) is 19.2. The number of aromatic hydroxyl groups is 1. The topological polar surface area (TPSA) is 78.3 Å². The Labute approximate surface area is 190 Å². The number of hydrogen-bond acceptors (Lipinski definition) is 5. The Kier molecular flexibility index (Phi) is 5.55. The van der Waals surface area contributed by atoms with Gasteiger partial charge in [-0.15, -0.1) is 0 Å². The van der Waals surface area contributed by atoms with E-state index >= 15 is 0 Å². The molecule has 3 N–H and O–H groups in total. The third-order valence-electron chi connectivity index (χ3n) is 7.03. The number of anilines is 1. The van der Waals surface area contributed by atoms with Gasteiger partial charge in [0, 0.05) is 28.8 Å². The van der Waals surface area contributed by atoms with Gasteiger partial charge >= 0.3 is 6.18 Å². The molecule has 176 valence electrons. The lowest BCUT2D eigenvalue weighted by Gasteiger charge is -2.49. The molecule has 4 rings (SSSR count). The van der Waals surface area contributed by atoms with Gasteiger partial charge < -0.3 is 15.5 Å². The number of benzene rings is 2. The predicted octanol–water partition coefficient (Wildman–Crippen LogP) is 5.97. The van der Waals surface area contributed by atoms with Crippen LogP contribution in [0.25, 0.3) is 10.9 Å². The molecule has 5 nitrogen and oxygen atoms in total. The fourth-order valence-corrected chi connectivity index (χ4v) is 4.92. The minimum atomic E-state index is -4.92. The fraction of sp³-hybridized carbons (Fsp3) is 0.440. The van der Waals surface area contributed by atoms with Crippen LogP contribution >= 0.6 is 0 Å². The minimum Gasteiger partial charge on any atom is -0.508 e. The molecule has 1 heterocycles. The van der Waals surface area contributed by atoms with Crippen molar-refractivity contribution in [1.82, 2.24) is 9.97 Å². The summed E-state index contributed by atoms with van der Waals surface area (Å²) in [6, 6.07) is 6.83. The molecule has 0 amide bonds. The summed E-state index contributed by atoms with van der Waals surface area (Å²) in [6.45, 7) is 8.52. The zero-order chi connectivity index (χ0) is 24.3. The Hall–Kier alpha value is -2.87. The van der Waals surface area contributed by atoms with Gasteiger partial charge in [-0.05, 0) is 48.1 Å². The molecule has 0 aliphatic heterocycles. The van der Waals surface area contributed by atoms with Crippen molar-refractivity contribution < 1.29 is 23.4 Å². The number of aromatic nitrogens is 2. The van der Waals surface area contributed by atoms with E-state index in [0.29, 0.717) is 33.5 Å². The maximum Gasteiger partial charge on any atom is 0.419 e. The van der Waals surface area contributed by atoms with E-state index in [-0.39, 0.29) is 17.2 Å². The summed E-state index contributed by atoms with van der Waals surface area (Å²) in [4.78, 5) is 8.55. The normalized spacial score (nSPS) is 25.3. The lowest BCUT2D eigenvalue weighted by molar-refractivity contribution is -0.289. The van der Waals surface area contributed by atoms with Gasteiger partial charge in [0.1, 0.15) is 11.6 Å². The molecule has 1 aromatic heterocycles. The fourth-order valence-electron chi connectivity index (χ4n) is 4.92. The van der Waals surface area contributed by atoms with Crippen LogP contribution in [0.4, 0.5) is 18.9 Å². The minimum absolute atomic E-state index is 0.0237. The highest BCUT2D eigenvalue weighted by atomic mass is 19.4. The lowest BCUT2D eigenvalue weighted by Crippen LogP contribution is -2.60. The van der Waals surface area contributed by atoms with Crippen LogP contribution in [0, 0.1) is 12.8 Å². The van der Waals surface area contributed by atoms with Crippen molar-refractivity contribution in [2.75, 3.05) is 5.32 Å². The highest BCUT2D eigenvalue weighted by molar-refractivity contribution is 5.91. The average molecular weight is 460 g/mol. The largest absolute Gasteiger partial charge is 0.508 e. The smallest absolute Gasteiger partial charge is 0.419 e. The Balaban J connectivity index is 1.99. The van der Waals surface area contributed by atoms with E-state index in [1.165, 1.54) is 6.92 Å². The van der Waals surface area contributed by atoms with Gasteiger partial charge in [0.2, 0.25) is 0 Å². The molecule has 0 bridgehead atoms. The number of alkyl halides is 3. The average Bonchev–Trinajstić information content (AvgIpc) is 2.73. The van der Waals surface area contributed by atoms with Gasteiger partial charge in [-0.1, -0.05) is 39.8 Å². The van der Waals surface area contributed by atoms with Crippen LogP contribution in [-0.4, -0.2) is 32.0 Å². The number of halogens is 3. The van der Waals surface area contributed by atoms with Crippen molar-refractivity contribution in [1.29, 1.82) is 0 Å². The van der Waals surface area contributed by atoms with E-state index in [9.17, 15) is 23.4 Å². The second-order valence-electron chi connectivity index (χ2n) is 9.33. The van der Waals surface area contributed by atoms with E-state index < -0.39 is 29.7 Å². The van der Waals surface area contributed by atoms with Crippen LogP contribution in [0.15, 0.2) is 36.5 Å². The number of aryl methyl sites for hydroxylation is 1. The quantitative estimate of drug-likeness (QED) is 0.450. The van der Waals surface area contributed by atoms with E-state index in [0.717, 1.165) is 0 Å². The first-order chi connectivity index (χ1) is 15.4. The number of hydrogen-bond donors (Lipinski definition) is 3. The first-order valence-electron chi connectivity index (χ1n) is 11.0.